The molecule has 30 heavy (non-hydrogen) atoms. The van der Waals surface area contributed by atoms with Crippen molar-refractivity contribution in [3.8, 4) is 5.75 Å². The molecule has 0 heterocycles. The first kappa shape index (κ1) is 21.3. The zero-order chi connectivity index (χ0) is 21.6. The first-order valence-electron chi connectivity index (χ1n) is 9.31. The van der Waals surface area contributed by atoms with Gasteiger partial charge < -0.3 is 4.18 Å². The maximum Gasteiger partial charge on any atom is 0.339 e. The number of hydrazone groups is 1. The molecule has 0 atom stereocenters. The highest BCUT2D eigenvalue weighted by Crippen LogP contribution is 2.22. The van der Waals surface area contributed by atoms with Gasteiger partial charge in [0.25, 0.3) is 0 Å². The average Bonchev–Trinajstić information content (AvgIpc) is 2.71. The molecule has 3 rings (SSSR count). The monoisotopic (exact) mass is 422 g/mol. The Bertz CT molecular complexity index is 1150. The maximum atomic E-state index is 12.5. The Kier molecular flexibility index (Phi) is 6.64. The molecule has 0 radical (unpaired) electrons. The molecule has 0 aromatic heterocycles. The second kappa shape index (κ2) is 9.37. The number of hydrogen-bond donors (Lipinski definition) is 1. The van der Waals surface area contributed by atoms with Crippen LogP contribution >= 0.6 is 0 Å². The van der Waals surface area contributed by atoms with Crippen molar-refractivity contribution in [2.45, 2.75) is 25.2 Å². The van der Waals surface area contributed by atoms with Crippen molar-refractivity contribution in [1.29, 1.82) is 0 Å². The van der Waals surface area contributed by atoms with Crippen molar-refractivity contribution in [3.63, 3.8) is 0 Å². The number of nitrogens with zero attached hydrogens (tertiary/aromatic N) is 1. The third-order valence-corrected chi connectivity index (χ3v) is 5.55. The fourth-order valence-electron chi connectivity index (χ4n) is 2.64. The second-order valence-corrected chi connectivity index (χ2v) is 8.39. The zero-order valence-corrected chi connectivity index (χ0v) is 17.5. The number of amides is 1. The van der Waals surface area contributed by atoms with Crippen molar-refractivity contribution in [1.82, 2.24) is 5.43 Å². The van der Waals surface area contributed by atoms with Gasteiger partial charge in [0.2, 0.25) is 5.91 Å². The van der Waals surface area contributed by atoms with Crippen LogP contribution in [0, 0.1) is 13.8 Å². The Hall–Kier alpha value is -3.45. The first-order valence-corrected chi connectivity index (χ1v) is 10.7. The third kappa shape index (κ3) is 5.78. The zero-order valence-electron chi connectivity index (χ0n) is 16.7. The van der Waals surface area contributed by atoms with Crippen LogP contribution in [0.2, 0.25) is 0 Å². The van der Waals surface area contributed by atoms with E-state index in [1.165, 1.54) is 24.4 Å². The van der Waals surface area contributed by atoms with E-state index in [0.717, 1.165) is 16.7 Å². The highest BCUT2D eigenvalue weighted by Gasteiger charge is 2.17. The highest BCUT2D eigenvalue weighted by molar-refractivity contribution is 7.87. The Labute approximate surface area is 176 Å². The Morgan fingerprint density at radius 1 is 0.933 bits per heavy atom. The molecule has 0 unspecified atom stereocenters. The number of benzene rings is 3. The van der Waals surface area contributed by atoms with Crippen molar-refractivity contribution < 1.29 is 17.4 Å². The van der Waals surface area contributed by atoms with E-state index in [1.807, 2.05) is 38.1 Å². The van der Waals surface area contributed by atoms with E-state index in [1.54, 1.807) is 30.3 Å². The Morgan fingerprint density at radius 2 is 1.53 bits per heavy atom. The summed E-state index contributed by atoms with van der Waals surface area (Å²) in [6.07, 6.45) is 1.55. The predicted octanol–water partition coefficient (Wildman–Crippen LogP) is 3.76. The van der Waals surface area contributed by atoms with Gasteiger partial charge in [-0.2, -0.15) is 13.5 Å². The summed E-state index contributed by atoms with van der Waals surface area (Å²) in [5.41, 5.74) is 5.81. The van der Waals surface area contributed by atoms with Gasteiger partial charge in [0.15, 0.2) is 5.75 Å². The summed E-state index contributed by atoms with van der Waals surface area (Å²) in [4.78, 5) is 12.1. The van der Waals surface area contributed by atoms with E-state index in [9.17, 15) is 13.2 Å². The average molecular weight is 423 g/mol. The van der Waals surface area contributed by atoms with Crippen molar-refractivity contribution in [2.24, 2.45) is 5.10 Å². The molecule has 6 nitrogen and oxygen atoms in total. The van der Waals surface area contributed by atoms with Crippen LogP contribution < -0.4 is 9.61 Å². The van der Waals surface area contributed by atoms with E-state index in [2.05, 4.69) is 10.5 Å². The molecular formula is C23H22N2O4S. The molecule has 0 saturated carbocycles. The lowest BCUT2D eigenvalue weighted by Crippen LogP contribution is -2.19. The molecule has 0 aliphatic rings. The lowest BCUT2D eigenvalue weighted by atomic mass is 10.1. The molecule has 154 valence electrons. The molecular weight excluding hydrogens is 400 g/mol. The maximum absolute atomic E-state index is 12.5. The van der Waals surface area contributed by atoms with Crippen LogP contribution in [-0.4, -0.2) is 20.5 Å². The first-order chi connectivity index (χ1) is 14.3. The van der Waals surface area contributed by atoms with E-state index >= 15 is 0 Å². The molecule has 3 aromatic carbocycles. The molecule has 1 amide bonds. The summed E-state index contributed by atoms with van der Waals surface area (Å²) >= 11 is 0. The Morgan fingerprint density at radius 3 is 2.20 bits per heavy atom. The molecule has 0 spiro atoms. The molecule has 0 saturated heterocycles. The molecule has 1 N–H and O–H groups in total. The van der Waals surface area contributed by atoms with Crippen LogP contribution in [-0.2, 0) is 21.3 Å². The minimum Gasteiger partial charge on any atom is -0.378 e. The van der Waals surface area contributed by atoms with Gasteiger partial charge in [-0.05, 0) is 43.7 Å². The van der Waals surface area contributed by atoms with Crippen LogP contribution in [0.15, 0.2) is 82.8 Å². The van der Waals surface area contributed by atoms with E-state index in [4.69, 9.17) is 4.18 Å². The smallest absolute Gasteiger partial charge is 0.339 e. The standard InChI is InChI=1S/C23H22N2O4S/c1-17-7-11-19(12-8-17)15-23(26)25-24-16-20-5-3-4-6-22(20)29-30(27,28)21-13-9-18(2)10-14-21/h3-14,16H,15H2,1-2H3,(H,25,26)/b24-16-. The van der Waals surface area contributed by atoms with Crippen molar-refractivity contribution in [3.05, 3.63) is 95.1 Å². The molecule has 7 heteroatoms. The number of para-hydroxylation sites is 1. The highest BCUT2D eigenvalue weighted by atomic mass is 32.2. The van der Waals surface area contributed by atoms with Crippen LogP contribution in [0.5, 0.6) is 5.75 Å². The van der Waals surface area contributed by atoms with Crippen LogP contribution in [0.25, 0.3) is 0 Å². The minimum absolute atomic E-state index is 0.0613. The SMILES string of the molecule is Cc1ccc(CC(=O)N/N=C\c2ccccc2OS(=O)(=O)c2ccc(C)cc2)cc1. The lowest BCUT2D eigenvalue weighted by Gasteiger charge is -2.09. The van der Waals surface area contributed by atoms with Crippen LogP contribution in [0.3, 0.4) is 0 Å². The number of aryl methyl sites for hydroxylation is 2. The summed E-state index contributed by atoms with van der Waals surface area (Å²) in [5.74, 6) is -0.157. The Balaban J connectivity index is 1.68. The number of rotatable bonds is 7. The topological polar surface area (TPSA) is 84.8 Å². The van der Waals surface area contributed by atoms with Gasteiger partial charge in [0.05, 0.1) is 12.6 Å². The van der Waals surface area contributed by atoms with Crippen LogP contribution in [0.1, 0.15) is 22.3 Å². The van der Waals surface area contributed by atoms with Gasteiger partial charge >= 0.3 is 10.1 Å². The fourth-order valence-corrected chi connectivity index (χ4v) is 3.59. The molecule has 0 bridgehead atoms. The van der Waals surface area contributed by atoms with Gasteiger partial charge in [-0.3, -0.25) is 4.79 Å². The summed E-state index contributed by atoms with van der Waals surface area (Å²) in [7, 11) is -3.99. The minimum atomic E-state index is -3.99. The van der Waals surface area contributed by atoms with Gasteiger partial charge in [-0.15, -0.1) is 0 Å². The normalized spacial score (nSPS) is 11.4. The quantitative estimate of drug-likeness (QED) is 0.357. The van der Waals surface area contributed by atoms with E-state index < -0.39 is 10.1 Å². The molecule has 0 aliphatic carbocycles. The van der Waals surface area contributed by atoms with E-state index in [0.29, 0.717) is 5.56 Å². The third-order valence-electron chi connectivity index (χ3n) is 4.31. The molecule has 0 aliphatic heterocycles. The van der Waals surface area contributed by atoms with E-state index in [-0.39, 0.29) is 23.0 Å². The van der Waals surface area contributed by atoms with Crippen LogP contribution in [0.4, 0.5) is 0 Å². The number of nitrogens with one attached hydrogen (secondary N) is 1. The van der Waals surface area contributed by atoms with Crippen molar-refractivity contribution in [2.75, 3.05) is 0 Å². The summed E-state index contributed by atoms with van der Waals surface area (Å²) in [6, 6.07) is 20.6. The summed E-state index contributed by atoms with van der Waals surface area (Å²) in [6.45, 7) is 3.85. The number of hydrogen-bond acceptors (Lipinski definition) is 5. The lowest BCUT2D eigenvalue weighted by molar-refractivity contribution is -0.120. The summed E-state index contributed by atoms with van der Waals surface area (Å²) < 4.78 is 30.4. The van der Waals surface area contributed by atoms with Crippen molar-refractivity contribution >= 4 is 22.2 Å². The summed E-state index contributed by atoms with van der Waals surface area (Å²) in [5, 5.41) is 3.93. The fraction of sp³-hybridized carbons (Fsp3) is 0.130. The van der Waals surface area contributed by atoms with Gasteiger partial charge in [0, 0.05) is 5.56 Å². The second-order valence-electron chi connectivity index (χ2n) is 6.84. The van der Waals surface area contributed by atoms with Gasteiger partial charge in [-0.25, -0.2) is 5.43 Å². The number of carbonyl (C=O) groups is 1. The van der Waals surface area contributed by atoms with Gasteiger partial charge in [-0.1, -0.05) is 59.7 Å². The molecule has 0 fully saturated rings. The van der Waals surface area contributed by atoms with Gasteiger partial charge in [0.1, 0.15) is 4.90 Å². The largest absolute Gasteiger partial charge is 0.378 e. The number of carbonyl (C=O) groups excluding carboxylic acids is 1. The molecule has 3 aromatic rings. The predicted molar refractivity (Wildman–Crippen MR) is 116 cm³/mol.